The van der Waals surface area contributed by atoms with Gasteiger partial charge in [0.05, 0.1) is 9.37 Å². The summed E-state index contributed by atoms with van der Waals surface area (Å²) >= 11 is 2.78. The van der Waals surface area contributed by atoms with E-state index in [-0.39, 0.29) is 4.47 Å². The minimum absolute atomic E-state index is 0.0192. The van der Waals surface area contributed by atoms with Gasteiger partial charge in [0.1, 0.15) is 5.82 Å². The molecule has 1 aromatic carbocycles. The molecule has 14 heavy (non-hydrogen) atoms. The Labute approximate surface area is 86.8 Å². The monoisotopic (exact) mass is 288 g/mol. The van der Waals surface area contributed by atoms with Crippen LogP contribution in [0.2, 0.25) is 0 Å². The highest BCUT2D eigenvalue weighted by atomic mass is 79.9. The van der Waals surface area contributed by atoms with Gasteiger partial charge in [0.2, 0.25) is 9.84 Å². The third-order valence-corrected chi connectivity index (χ3v) is 3.48. The molecule has 78 valence electrons. The van der Waals surface area contributed by atoms with Gasteiger partial charge in [-0.05, 0) is 34.1 Å². The predicted octanol–water partition coefficient (Wildman–Crippen LogP) is 2.58. The molecule has 1 aromatic rings. The molecule has 0 saturated carbocycles. The zero-order valence-electron chi connectivity index (χ0n) is 6.55. The molecule has 0 atom stereocenters. The van der Waals surface area contributed by atoms with Crippen molar-refractivity contribution in [2.45, 2.75) is 10.7 Å². The molecule has 0 aliphatic heterocycles. The van der Waals surface area contributed by atoms with Crippen LogP contribution < -0.4 is 0 Å². The van der Waals surface area contributed by atoms with Crippen molar-refractivity contribution in [1.82, 2.24) is 0 Å². The molecule has 0 fully saturated rings. The molecule has 0 radical (unpaired) electrons. The number of benzene rings is 1. The number of hydrogen-bond donors (Lipinski definition) is 0. The Morgan fingerprint density at radius 3 is 2.29 bits per heavy atom. The molecule has 0 N–H and O–H groups in total. The maximum absolute atomic E-state index is 12.8. The van der Waals surface area contributed by atoms with E-state index in [4.69, 9.17) is 0 Å². The molecule has 0 saturated heterocycles. The van der Waals surface area contributed by atoms with Gasteiger partial charge in [-0.15, -0.1) is 0 Å². The predicted molar refractivity (Wildman–Crippen MR) is 47.3 cm³/mol. The summed E-state index contributed by atoms with van der Waals surface area (Å²) in [6.45, 7) is 0. The molecular weight excluding hydrogens is 285 g/mol. The van der Waals surface area contributed by atoms with E-state index >= 15 is 0 Å². The minimum atomic E-state index is -4.71. The van der Waals surface area contributed by atoms with Crippen molar-refractivity contribution in [3.8, 4) is 0 Å². The average molecular weight is 289 g/mol. The van der Waals surface area contributed by atoms with Crippen LogP contribution in [0.15, 0.2) is 27.6 Å². The van der Waals surface area contributed by atoms with Crippen LogP contribution in [0.1, 0.15) is 0 Å². The van der Waals surface area contributed by atoms with Crippen LogP contribution in [0.5, 0.6) is 0 Å². The second-order valence-corrected chi connectivity index (χ2v) is 5.15. The second kappa shape index (κ2) is 3.90. The smallest absolute Gasteiger partial charge is 0.218 e. The van der Waals surface area contributed by atoms with Crippen LogP contribution in [0, 0.1) is 5.82 Å². The normalized spacial score (nSPS) is 12.1. The van der Waals surface area contributed by atoms with Crippen LogP contribution >= 0.6 is 15.9 Å². The lowest BCUT2D eigenvalue weighted by Gasteiger charge is -2.03. The Bertz CT molecular complexity index is 444. The maximum Gasteiger partial charge on any atom is 0.341 e. The average Bonchev–Trinajstić information content (AvgIpc) is 2.09. The van der Waals surface area contributed by atoms with Gasteiger partial charge in [0.25, 0.3) is 0 Å². The number of sulfone groups is 1. The molecule has 7 heteroatoms. The fourth-order valence-electron chi connectivity index (χ4n) is 0.757. The van der Waals surface area contributed by atoms with Crippen molar-refractivity contribution < 1.29 is 21.6 Å². The van der Waals surface area contributed by atoms with Gasteiger partial charge >= 0.3 is 5.76 Å². The van der Waals surface area contributed by atoms with E-state index in [1.165, 1.54) is 0 Å². The SMILES string of the molecule is O=S(=O)(c1ccc(Br)c(F)c1)C(F)F. The lowest BCUT2D eigenvalue weighted by atomic mass is 10.3. The molecule has 0 aliphatic carbocycles. The number of rotatable bonds is 2. The fraction of sp³-hybridized carbons (Fsp3) is 0.143. The van der Waals surface area contributed by atoms with E-state index in [2.05, 4.69) is 15.9 Å². The van der Waals surface area contributed by atoms with Crippen LogP contribution in [0.4, 0.5) is 13.2 Å². The molecule has 0 spiro atoms. The number of hydrogen-bond acceptors (Lipinski definition) is 2. The van der Waals surface area contributed by atoms with Crippen molar-refractivity contribution >= 4 is 25.8 Å². The lowest BCUT2D eigenvalue weighted by molar-refractivity contribution is 0.234. The molecule has 0 aromatic heterocycles. The number of halogens is 4. The second-order valence-electron chi connectivity index (χ2n) is 2.38. The standard InChI is InChI=1S/C7H4BrF3O2S/c8-5-2-1-4(3-6(5)9)14(12,13)7(10)11/h1-3,7H. The van der Waals surface area contributed by atoms with Crippen molar-refractivity contribution in [1.29, 1.82) is 0 Å². The molecule has 0 bridgehead atoms. The molecular formula is C7H4BrF3O2S. The first-order valence-electron chi connectivity index (χ1n) is 3.33. The minimum Gasteiger partial charge on any atom is -0.218 e. The van der Waals surface area contributed by atoms with Crippen molar-refractivity contribution in [3.05, 3.63) is 28.5 Å². The van der Waals surface area contributed by atoms with Gasteiger partial charge in [0.15, 0.2) is 0 Å². The Morgan fingerprint density at radius 1 is 1.29 bits per heavy atom. The van der Waals surface area contributed by atoms with Crippen molar-refractivity contribution in [3.63, 3.8) is 0 Å². The van der Waals surface area contributed by atoms with Crippen LogP contribution in [-0.2, 0) is 9.84 Å². The van der Waals surface area contributed by atoms with Gasteiger partial charge in [-0.2, -0.15) is 8.78 Å². The van der Waals surface area contributed by atoms with E-state index in [9.17, 15) is 21.6 Å². The largest absolute Gasteiger partial charge is 0.341 e. The van der Waals surface area contributed by atoms with E-state index in [1.807, 2.05) is 0 Å². The molecule has 0 aliphatic rings. The molecule has 0 heterocycles. The third kappa shape index (κ3) is 2.09. The molecule has 0 amide bonds. The highest BCUT2D eigenvalue weighted by molar-refractivity contribution is 9.10. The van der Waals surface area contributed by atoms with Crippen molar-refractivity contribution in [2.24, 2.45) is 0 Å². The van der Waals surface area contributed by atoms with Crippen LogP contribution in [0.25, 0.3) is 0 Å². The molecule has 1 rings (SSSR count). The summed E-state index contributed by atoms with van der Waals surface area (Å²) < 4.78 is 58.6. The molecule has 2 nitrogen and oxygen atoms in total. The first-order valence-corrected chi connectivity index (χ1v) is 5.66. The fourth-order valence-corrected chi connectivity index (χ4v) is 1.73. The molecule has 0 unspecified atom stereocenters. The van der Waals surface area contributed by atoms with E-state index in [1.54, 1.807) is 0 Å². The van der Waals surface area contributed by atoms with E-state index in [0.717, 1.165) is 12.1 Å². The van der Waals surface area contributed by atoms with Gasteiger partial charge in [-0.1, -0.05) is 0 Å². The summed E-state index contributed by atoms with van der Waals surface area (Å²) in [6, 6.07) is 2.52. The topological polar surface area (TPSA) is 34.1 Å². The van der Waals surface area contributed by atoms with Gasteiger partial charge in [-0.3, -0.25) is 0 Å². The van der Waals surface area contributed by atoms with Crippen LogP contribution in [0.3, 0.4) is 0 Å². The van der Waals surface area contributed by atoms with Crippen LogP contribution in [-0.4, -0.2) is 14.2 Å². The first-order chi connectivity index (χ1) is 6.35. The Hall–Kier alpha value is -0.560. The summed E-state index contributed by atoms with van der Waals surface area (Å²) in [6.07, 6.45) is 0. The summed E-state index contributed by atoms with van der Waals surface area (Å²) in [5.74, 6) is -4.44. The first kappa shape index (κ1) is 11.5. The third-order valence-electron chi connectivity index (χ3n) is 1.45. The zero-order valence-corrected chi connectivity index (χ0v) is 8.95. The Kier molecular flexibility index (Phi) is 3.20. The van der Waals surface area contributed by atoms with Gasteiger partial charge in [-0.25, -0.2) is 12.8 Å². The van der Waals surface area contributed by atoms with Gasteiger partial charge in [0, 0.05) is 0 Å². The van der Waals surface area contributed by atoms with Gasteiger partial charge < -0.3 is 0 Å². The highest BCUT2D eigenvalue weighted by Crippen LogP contribution is 2.23. The number of alkyl halides is 2. The van der Waals surface area contributed by atoms with E-state index < -0.39 is 26.3 Å². The highest BCUT2D eigenvalue weighted by Gasteiger charge is 2.27. The lowest BCUT2D eigenvalue weighted by Crippen LogP contribution is -2.11. The summed E-state index contributed by atoms with van der Waals surface area (Å²) in [5.41, 5.74) is 0. The zero-order chi connectivity index (χ0) is 10.9. The quantitative estimate of drug-likeness (QED) is 0.838. The van der Waals surface area contributed by atoms with E-state index in [0.29, 0.717) is 6.07 Å². The van der Waals surface area contributed by atoms with Crippen molar-refractivity contribution in [2.75, 3.05) is 0 Å². The Balaban J connectivity index is 3.29. The summed E-state index contributed by atoms with van der Waals surface area (Å²) in [5, 5.41) is 0. The summed E-state index contributed by atoms with van der Waals surface area (Å²) in [7, 11) is -4.71. The Morgan fingerprint density at radius 2 is 1.86 bits per heavy atom. The maximum atomic E-state index is 12.8. The summed E-state index contributed by atoms with van der Waals surface area (Å²) in [4.78, 5) is -0.729.